The average Bonchev–Trinajstić information content (AvgIpc) is 2.55. The smallest absolute Gasteiger partial charge is 0.255 e. The molecule has 0 aliphatic carbocycles. The summed E-state index contributed by atoms with van der Waals surface area (Å²) < 4.78 is 6.62. The molecule has 8 heteroatoms. The van der Waals surface area contributed by atoms with Gasteiger partial charge in [0.25, 0.3) is 5.91 Å². The normalized spacial score (nSPS) is 16.4. The molecule has 1 aliphatic heterocycles. The van der Waals surface area contributed by atoms with E-state index in [1.807, 2.05) is 36.1 Å². The molecule has 1 aliphatic rings. The Morgan fingerprint density at radius 1 is 1.32 bits per heavy atom. The molecule has 2 heterocycles. The van der Waals surface area contributed by atoms with E-state index in [-0.39, 0.29) is 36.8 Å². The molecule has 1 atom stereocenters. The Balaban J connectivity index is 0.00000156. The predicted molar refractivity (Wildman–Crippen MR) is 106 cm³/mol. The van der Waals surface area contributed by atoms with Gasteiger partial charge in [-0.05, 0) is 31.2 Å². The lowest BCUT2D eigenvalue weighted by Crippen LogP contribution is -2.52. The molecule has 136 valence electrons. The fraction of sp³-hybridized carbons (Fsp3) is 0.294. The number of hydrogen-bond donors (Lipinski definition) is 1. The Kier molecular flexibility index (Phi) is 8.65. The van der Waals surface area contributed by atoms with Crippen LogP contribution in [0, 0.1) is 0 Å². The summed E-state index contributed by atoms with van der Waals surface area (Å²) in [5, 5.41) is 3.28. The van der Waals surface area contributed by atoms with E-state index in [0.717, 1.165) is 24.1 Å². The van der Waals surface area contributed by atoms with E-state index < -0.39 is 0 Å². The van der Waals surface area contributed by atoms with Crippen LogP contribution >= 0.6 is 40.7 Å². The second kappa shape index (κ2) is 9.97. The van der Waals surface area contributed by atoms with E-state index in [2.05, 4.69) is 26.2 Å². The van der Waals surface area contributed by atoms with E-state index in [4.69, 9.17) is 4.74 Å². The largest absolute Gasteiger partial charge is 0.439 e. The summed E-state index contributed by atoms with van der Waals surface area (Å²) >= 11 is 3.40. The summed E-state index contributed by atoms with van der Waals surface area (Å²) in [7, 11) is 0. The topological polar surface area (TPSA) is 54.5 Å². The Bertz CT molecular complexity index is 701. The maximum absolute atomic E-state index is 12.5. The number of piperazine rings is 1. The molecule has 2 aromatic rings. The zero-order valence-electron chi connectivity index (χ0n) is 13.6. The molecule has 0 spiro atoms. The minimum atomic E-state index is 0. The van der Waals surface area contributed by atoms with Crippen LogP contribution < -0.4 is 10.1 Å². The highest BCUT2D eigenvalue weighted by Gasteiger charge is 2.24. The minimum Gasteiger partial charge on any atom is -0.439 e. The van der Waals surface area contributed by atoms with Crippen molar-refractivity contribution >= 4 is 46.7 Å². The summed E-state index contributed by atoms with van der Waals surface area (Å²) in [4.78, 5) is 18.7. The van der Waals surface area contributed by atoms with Crippen LogP contribution in [0.1, 0.15) is 17.3 Å². The van der Waals surface area contributed by atoms with E-state index in [1.165, 1.54) is 0 Å². The number of benzene rings is 1. The zero-order chi connectivity index (χ0) is 16.2. The van der Waals surface area contributed by atoms with Crippen LogP contribution in [-0.2, 0) is 0 Å². The summed E-state index contributed by atoms with van der Waals surface area (Å²) in [6.07, 6.45) is 1.57. The van der Waals surface area contributed by atoms with Gasteiger partial charge in [0.15, 0.2) is 0 Å². The van der Waals surface area contributed by atoms with E-state index in [1.54, 1.807) is 18.3 Å². The summed E-state index contributed by atoms with van der Waals surface area (Å²) in [5.41, 5.74) is 0.584. The van der Waals surface area contributed by atoms with Gasteiger partial charge in [0.05, 0.1) is 5.56 Å². The van der Waals surface area contributed by atoms with Gasteiger partial charge in [-0.1, -0.05) is 22.0 Å². The maximum Gasteiger partial charge on any atom is 0.255 e. The summed E-state index contributed by atoms with van der Waals surface area (Å²) in [6, 6.07) is 11.2. The van der Waals surface area contributed by atoms with E-state index in [0.29, 0.717) is 17.2 Å². The fourth-order valence-electron chi connectivity index (χ4n) is 2.53. The first-order valence-electron chi connectivity index (χ1n) is 7.54. The number of aromatic nitrogens is 1. The lowest BCUT2D eigenvalue weighted by atomic mass is 10.1. The average molecular weight is 449 g/mol. The second-order valence-corrected chi connectivity index (χ2v) is 6.41. The van der Waals surface area contributed by atoms with Crippen molar-refractivity contribution in [1.29, 1.82) is 0 Å². The number of halogens is 3. The predicted octanol–water partition coefficient (Wildman–Crippen LogP) is 3.91. The molecular formula is C17H20BrCl2N3O2. The number of nitrogens with one attached hydrogen (secondary N) is 1. The van der Waals surface area contributed by atoms with Crippen LogP contribution in [0.4, 0.5) is 0 Å². The standard InChI is InChI=1S/C17H18BrN3O2.2ClH/c1-12-10-19-7-8-21(12)17(22)13-5-6-16(20-11-13)23-15-4-2-3-14(18)9-15;;/h2-6,9,11-12,19H,7-8,10H2,1H3;2*1H/t12-;;/m1../s1. The molecule has 0 saturated carbocycles. The molecular weight excluding hydrogens is 429 g/mol. The zero-order valence-corrected chi connectivity index (χ0v) is 16.9. The van der Waals surface area contributed by atoms with Crippen molar-refractivity contribution in [2.24, 2.45) is 0 Å². The van der Waals surface area contributed by atoms with Crippen molar-refractivity contribution in [3.05, 3.63) is 52.6 Å². The van der Waals surface area contributed by atoms with E-state index >= 15 is 0 Å². The van der Waals surface area contributed by atoms with Crippen LogP contribution in [0.25, 0.3) is 0 Å². The van der Waals surface area contributed by atoms with Crippen molar-refractivity contribution in [3.63, 3.8) is 0 Å². The number of amides is 1. The number of pyridine rings is 1. The van der Waals surface area contributed by atoms with Gasteiger partial charge in [-0.3, -0.25) is 4.79 Å². The van der Waals surface area contributed by atoms with Crippen LogP contribution in [0.5, 0.6) is 11.6 Å². The SMILES string of the molecule is C[C@@H]1CNCCN1C(=O)c1ccc(Oc2cccc(Br)c2)nc1.Cl.Cl. The molecule has 25 heavy (non-hydrogen) atoms. The second-order valence-electron chi connectivity index (χ2n) is 5.50. The van der Waals surface area contributed by atoms with Crippen molar-refractivity contribution in [3.8, 4) is 11.6 Å². The maximum atomic E-state index is 12.5. The van der Waals surface area contributed by atoms with Crippen LogP contribution in [-0.4, -0.2) is 41.5 Å². The van der Waals surface area contributed by atoms with Gasteiger partial charge >= 0.3 is 0 Å². The third-order valence-corrected chi connectivity index (χ3v) is 4.26. The van der Waals surface area contributed by atoms with Crippen LogP contribution in [0.2, 0.25) is 0 Å². The van der Waals surface area contributed by atoms with Gasteiger partial charge in [-0.25, -0.2) is 4.98 Å². The third-order valence-electron chi connectivity index (χ3n) is 3.76. The first kappa shape index (κ1) is 21.7. The third kappa shape index (κ3) is 5.57. The van der Waals surface area contributed by atoms with Gasteiger partial charge in [0.2, 0.25) is 5.88 Å². The highest BCUT2D eigenvalue weighted by Crippen LogP contribution is 2.23. The monoisotopic (exact) mass is 447 g/mol. The Hall–Kier alpha value is -1.34. The van der Waals surface area contributed by atoms with Gasteiger partial charge in [-0.2, -0.15) is 0 Å². The highest BCUT2D eigenvalue weighted by atomic mass is 79.9. The van der Waals surface area contributed by atoms with Gasteiger partial charge in [-0.15, -0.1) is 24.8 Å². The number of carbonyl (C=O) groups is 1. The Morgan fingerprint density at radius 2 is 2.12 bits per heavy atom. The number of nitrogens with zero attached hydrogens (tertiary/aromatic N) is 2. The molecule has 1 saturated heterocycles. The van der Waals surface area contributed by atoms with Crippen molar-refractivity contribution in [2.75, 3.05) is 19.6 Å². The molecule has 0 bridgehead atoms. The number of hydrogen-bond acceptors (Lipinski definition) is 4. The Labute approximate surface area is 168 Å². The van der Waals surface area contributed by atoms with Crippen LogP contribution in [0.3, 0.4) is 0 Å². The minimum absolute atomic E-state index is 0. The fourth-order valence-corrected chi connectivity index (χ4v) is 2.91. The molecule has 1 aromatic heterocycles. The molecule has 1 amide bonds. The van der Waals surface area contributed by atoms with Gasteiger partial charge in [0.1, 0.15) is 5.75 Å². The molecule has 0 radical (unpaired) electrons. The molecule has 5 nitrogen and oxygen atoms in total. The molecule has 1 N–H and O–H groups in total. The van der Waals surface area contributed by atoms with Crippen molar-refractivity contribution in [2.45, 2.75) is 13.0 Å². The van der Waals surface area contributed by atoms with E-state index in [9.17, 15) is 4.79 Å². The molecule has 3 rings (SSSR count). The lowest BCUT2D eigenvalue weighted by molar-refractivity contribution is 0.0655. The van der Waals surface area contributed by atoms with Crippen LogP contribution in [0.15, 0.2) is 47.1 Å². The van der Waals surface area contributed by atoms with Crippen molar-refractivity contribution in [1.82, 2.24) is 15.2 Å². The molecule has 0 unspecified atom stereocenters. The van der Waals surface area contributed by atoms with Gasteiger partial charge in [0, 0.05) is 42.4 Å². The molecule has 1 aromatic carbocycles. The van der Waals surface area contributed by atoms with Crippen molar-refractivity contribution < 1.29 is 9.53 Å². The first-order valence-corrected chi connectivity index (χ1v) is 8.34. The number of ether oxygens (including phenoxy) is 1. The number of rotatable bonds is 3. The lowest BCUT2D eigenvalue weighted by Gasteiger charge is -2.33. The van der Waals surface area contributed by atoms with Gasteiger partial charge < -0.3 is 15.0 Å². The Morgan fingerprint density at radius 3 is 2.76 bits per heavy atom. The molecule has 1 fully saturated rings. The quantitative estimate of drug-likeness (QED) is 0.773. The first-order chi connectivity index (χ1) is 11.1. The number of carbonyl (C=O) groups excluding carboxylic acids is 1. The highest BCUT2D eigenvalue weighted by molar-refractivity contribution is 9.10. The summed E-state index contributed by atoms with van der Waals surface area (Å²) in [5.74, 6) is 1.18. The summed E-state index contributed by atoms with van der Waals surface area (Å²) in [6.45, 7) is 4.41.